The lowest BCUT2D eigenvalue weighted by atomic mass is 9.94. The lowest BCUT2D eigenvalue weighted by Crippen LogP contribution is -2.52. The lowest BCUT2D eigenvalue weighted by Gasteiger charge is -2.37. The highest BCUT2D eigenvalue weighted by Gasteiger charge is 2.30. The van der Waals surface area contributed by atoms with E-state index in [0.717, 1.165) is 5.56 Å². The summed E-state index contributed by atoms with van der Waals surface area (Å²) in [7, 11) is 0. The molecule has 2 rings (SSSR count). The largest absolute Gasteiger partial charge is 0.340 e. The van der Waals surface area contributed by atoms with Gasteiger partial charge in [-0.25, -0.2) is 4.39 Å². The fraction of sp³-hybridized carbons (Fsp3) is 0.556. The summed E-state index contributed by atoms with van der Waals surface area (Å²) < 4.78 is 13.8. The molecule has 1 amide bonds. The highest BCUT2D eigenvalue weighted by Crippen LogP contribution is 2.19. The van der Waals surface area contributed by atoms with Gasteiger partial charge >= 0.3 is 0 Å². The first-order valence-corrected chi connectivity index (χ1v) is 7.99. The molecular weight excluding hydrogens is 295 g/mol. The molecule has 4 nitrogen and oxygen atoms in total. The quantitative estimate of drug-likeness (QED) is 0.804. The molecule has 5 heteroatoms. The molecule has 1 aliphatic heterocycles. The van der Waals surface area contributed by atoms with Crippen LogP contribution in [0.25, 0.3) is 0 Å². The van der Waals surface area contributed by atoms with Gasteiger partial charge in [0.15, 0.2) is 5.78 Å². The number of ketones is 1. The number of nitrogens with zero attached hydrogens (tertiary/aromatic N) is 2. The summed E-state index contributed by atoms with van der Waals surface area (Å²) in [5, 5.41) is 0. The maximum atomic E-state index is 13.8. The lowest BCUT2D eigenvalue weighted by molar-refractivity contribution is -0.141. The Hall–Kier alpha value is -1.75. The third-order valence-electron chi connectivity index (χ3n) is 4.09. The zero-order chi connectivity index (χ0) is 17.2. The maximum Gasteiger partial charge on any atom is 0.228 e. The highest BCUT2D eigenvalue weighted by molar-refractivity contribution is 5.98. The minimum atomic E-state index is -0.470. The van der Waals surface area contributed by atoms with E-state index < -0.39 is 5.82 Å². The SMILES string of the molecule is Cc1ccc(F)c(C(=O)CN2CCN(C(=O)C(C)(C)C)CC2)c1. The van der Waals surface area contributed by atoms with E-state index >= 15 is 0 Å². The molecule has 0 atom stereocenters. The van der Waals surface area contributed by atoms with Crippen molar-refractivity contribution >= 4 is 11.7 Å². The van der Waals surface area contributed by atoms with Crippen LogP contribution in [-0.2, 0) is 4.79 Å². The Bertz CT molecular complexity index is 600. The number of piperazine rings is 1. The van der Waals surface area contributed by atoms with E-state index in [2.05, 4.69) is 0 Å². The van der Waals surface area contributed by atoms with Gasteiger partial charge in [0.05, 0.1) is 12.1 Å². The number of halogens is 1. The standard InChI is InChI=1S/C18H25FN2O2/c1-13-5-6-15(19)14(11-13)16(22)12-20-7-9-21(10-8-20)17(23)18(2,3)4/h5-6,11H,7-10,12H2,1-4H3. The van der Waals surface area contributed by atoms with Crippen LogP contribution in [-0.4, -0.2) is 54.2 Å². The van der Waals surface area contributed by atoms with Crippen molar-refractivity contribution in [2.45, 2.75) is 27.7 Å². The minimum Gasteiger partial charge on any atom is -0.340 e. The summed E-state index contributed by atoms with van der Waals surface area (Å²) in [6.45, 7) is 10.3. The average Bonchev–Trinajstić information content (AvgIpc) is 2.48. The number of benzene rings is 1. The summed E-state index contributed by atoms with van der Waals surface area (Å²) in [5.74, 6) is -0.544. The number of carbonyl (C=O) groups excluding carboxylic acids is 2. The molecule has 0 N–H and O–H groups in total. The number of amides is 1. The molecule has 0 saturated carbocycles. The number of aryl methyl sites for hydroxylation is 1. The predicted octanol–water partition coefficient (Wildman–Crippen LogP) is 2.51. The summed E-state index contributed by atoms with van der Waals surface area (Å²) in [5.41, 5.74) is 0.636. The van der Waals surface area contributed by atoms with Gasteiger partial charge < -0.3 is 4.90 Å². The number of rotatable bonds is 3. The molecule has 0 unspecified atom stereocenters. The molecule has 23 heavy (non-hydrogen) atoms. The van der Waals surface area contributed by atoms with Gasteiger partial charge in [-0.3, -0.25) is 14.5 Å². The van der Waals surface area contributed by atoms with Gasteiger partial charge in [0.1, 0.15) is 5.82 Å². The van der Waals surface area contributed by atoms with Crippen LogP contribution in [0, 0.1) is 18.2 Å². The second-order valence-corrected chi connectivity index (χ2v) is 7.22. The van der Waals surface area contributed by atoms with Crippen molar-refractivity contribution in [3.8, 4) is 0 Å². The van der Waals surface area contributed by atoms with Crippen molar-refractivity contribution in [3.05, 3.63) is 35.1 Å². The van der Waals surface area contributed by atoms with Crippen molar-refractivity contribution in [3.63, 3.8) is 0 Å². The molecule has 0 spiro atoms. The van der Waals surface area contributed by atoms with E-state index in [9.17, 15) is 14.0 Å². The van der Waals surface area contributed by atoms with Gasteiger partial charge in [0.2, 0.25) is 5.91 Å². The topological polar surface area (TPSA) is 40.6 Å². The predicted molar refractivity (Wildman–Crippen MR) is 87.9 cm³/mol. The van der Waals surface area contributed by atoms with Crippen LogP contribution in [0.4, 0.5) is 4.39 Å². The molecule has 1 aliphatic rings. The average molecular weight is 320 g/mol. The van der Waals surface area contributed by atoms with Crippen LogP contribution in [0.5, 0.6) is 0 Å². The molecular formula is C18H25FN2O2. The van der Waals surface area contributed by atoms with E-state index in [-0.39, 0.29) is 29.2 Å². The molecule has 126 valence electrons. The molecule has 0 aliphatic carbocycles. The van der Waals surface area contributed by atoms with E-state index in [4.69, 9.17) is 0 Å². The number of carbonyl (C=O) groups is 2. The second kappa shape index (κ2) is 6.79. The van der Waals surface area contributed by atoms with Crippen molar-refractivity contribution in [1.29, 1.82) is 0 Å². The smallest absolute Gasteiger partial charge is 0.228 e. The third kappa shape index (κ3) is 4.38. The van der Waals surface area contributed by atoms with Crippen LogP contribution >= 0.6 is 0 Å². The van der Waals surface area contributed by atoms with Crippen LogP contribution < -0.4 is 0 Å². The van der Waals surface area contributed by atoms with Crippen LogP contribution in [0.2, 0.25) is 0 Å². The fourth-order valence-electron chi connectivity index (χ4n) is 2.72. The van der Waals surface area contributed by atoms with Gasteiger partial charge in [0.25, 0.3) is 0 Å². The summed E-state index contributed by atoms with van der Waals surface area (Å²) in [4.78, 5) is 28.4. The zero-order valence-electron chi connectivity index (χ0n) is 14.4. The van der Waals surface area contributed by atoms with Crippen LogP contribution in [0.15, 0.2) is 18.2 Å². The first kappa shape index (κ1) is 17.6. The normalized spacial score (nSPS) is 16.5. The molecule has 1 fully saturated rings. The molecule has 1 saturated heterocycles. The Morgan fingerprint density at radius 2 is 1.74 bits per heavy atom. The summed E-state index contributed by atoms with van der Waals surface area (Å²) >= 11 is 0. The highest BCUT2D eigenvalue weighted by atomic mass is 19.1. The maximum absolute atomic E-state index is 13.8. The Morgan fingerprint density at radius 3 is 2.30 bits per heavy atom. The van der Waals surface area contributed by atoms with E-state index in [1.54, 1.807) is 12.1 Å². The van der Waals surface area contributed by atoms with Gasteiger partial charge in [-0.2, -0.15) is 0 Å². The third-order valence-corrected chi connectivity index (χ3v) is 4.09. The Balaban J connectivity index is 1.93. The molecule has 1 aromatic rings. The first-order chi connectivity index (χ1) is 10.7. The molecule has 0 bridgehead atoms. The molecule has 1 aromatic carbocycles. The Morgan fingerprint density at radius 1 is 1.13 bits per heavy atom. The van der Waals surface area contributed by atoms with E-state index in [0.29, 0.717) is 26.2 Å². The Labute approximate surface area is 137 Å². The van der Waals surface area contributed by atoms with Crippen molar-refractivity contribution in [1.82, 2.24) is 9.80 Å². The second-order valence-electron chi connectivity index (χ2n) is 7.22. The van der Waals surface area contributed by atoms with Crippen molar-refractivity contribution in [2.75, 3.05) is 32.7 Å². The summed E-state index contributed by atoms with van der Waals surface area (Å²) in [6, 6.07) is 4.59. The van der Waals surface area contributed by atoms with Crippen LogP contribution in [0.3, 0.4) is 0 Å². The van der Waals surface area contributed by atoms with E-state index in [1.165, 1.54) is 6.07 Å². The van der Waals surface area contributed by atoms with Crippen molar-refractivity contribution < 1.29 is 14.0 Å². The van der Waals surface area contributed by atoms with E-state index in [1.807, 2.05) is 37.5 Å². The molecule has 1 heterocycles. The van der Waals surface area contributed by atoms with Gasteiger partial charge in [0, 0.05) is 31.6 Å². The minimum absolute atomic E-state index is 0.133. The molecule has 0 aromatic heterocycles. The fourth-order valence-corrected chi connectivity index (χ4v) is 2.72. The Kier molecular flexibility index (Phi) is 5.19. The van der Waals surface area contributed by atoms with Gasteiger partial charge in [-0.1, -0.05) is 32.4 Å². The number of hydrogen-bond acceptors (Lipinski definition) is 3. The van der Waals surface area contributed by atoms with Crippen molar-refractivity contribution in [2.24, 2.45) is 5.41 Å². The zero-order valence-corrected chi connectivity index (χ0v) is 14.4. The monoisotopic (exact) mass is 320 g/mol. The molecule has 0 radical (unpaired) electrons. The van der Waals surface area contributed by atoms with Gasteiger partial charge in [-0.05, 0) is 19.1 Å². The van der Waals surface area contributed by atoms with Crippen LogP contribution in [0.1, 0.15) is 36.7 Å². The number of hydrogen-bond donors (Lipinski definition) is 0. The summed E-state index contributed by atoms with van der Waals surface area (Å²) in [6.07, 6.45) is 0. The first-order valence-electron chi connectivity index (χ1n) is 7.99. The van der Waals surface area contributed by atoms with Gasteiger partial charge in [-0.15, -0.1) is 0 Å². The number of Topliss-reactive ketones (excluding diaryl/α,β-unsaturated/α-hetero) is 1.